The normalized spacial score (nSPS) is 12.4. The fourth-order valence-corrected chi connectivity index (χ4v) is 3.86. The predicted molar refractivity (Wildman–Crippen MR) is 124 cm³/mol. The van der Waals surface area contributed by atoms with E-state index in [2.05, 4.69) is 5.32 Å². The van der Waals surface area contributed by atoms with Crippen molar-refractivity contribution in [1.29, 1.82) is 0 Å². The van der Waals surface area contributed by atoms with Gasteiger partial charge in [-0.3, -0.25) is 9.59 Å². The lowest BCUT2D eigenvalue weighted by Crippen LogP contribution is -2.53. The minimum atomic E-state index is -0.774. The average Bonchev–Trinajstić information content (AvgIpc) is 2.64. The molecule has 0 aliphatic heterocycles. The third-order valence-corrected chi connectivity index (χ3v) is 5.57. The maximum Gasteiger partial charge on any atom is 0.243 e. The van der Waals surface area contributed by atoms with Gasteiger partial charge in [0, 0.05) is 32.7 Å². The standard InChI is InChI=1S/C23H26Cl3FN2O2/c1-5-20(22(31)28-23(2,3)4)29(13-14-9-10-15(24)11-18(14)26)21(30)12-16-17(25)7-6-8-19(16)27/h6-11,20H,5,12-13H2,1-4H3,(H,28,31). The lowest BCUT2D eigenvalue weighted by molar-refractivity contribution is -0.141. The summed E-state index contributed by atoms with van der Waals surface area (Å²) >= 11 is 18.4. The summed E-state index contributed by atoms with van der Waals surface area (Å²) in [4.78, 5) is 27.7. The van der Waals surface area contributed by atoms with E-state index in [0.717, 1.165) is 0 Å². The van der Waals surface area contributed by atoms with Crippen LogP contribution in [0.2, 0.25) is 15.1 Å². The number of benzene rings is 2. The van der Waals surface area contributed by atoms with E-state index in [1.54, 1.807) is 18.2 Å². The summed E-state index contributed by atoms with van der Waals surface area (Å²) in [5.74, 6) is -1.31. The van der Waals surface area contributed by atoms with Gasteiger partial charge in [-0.1, -0.05) is 53.9 Å². The number of carbonyl (C=O) groups excluding carboxylic acids is 2. The fourth-order valence-electron chi connectivity index (χ4n) is 3.16. The molecule has 31 heavy (non-hydrogen) atoms. The molecule has 0 spiro atoms. The number of rotatable bonds is 7. The molecule has 0 bridgehead atoms. The molecule has 0 heterocycles. The van der Waals surface area contributed by atoms with Crippen LogP contribution >= 0.6 is 34.8 Å². The molecule has 1 atom stereocenters. The molecule has 2 rings (SSSR count). The minimum Gasteiger partial charge on any atom is -0.350 e. The lowest BCUT2D eigenvalue weighted by atomic mass is 10.0. The maximum absolute atomic E-state index is 14.3. The summed E-state index contributed by atoms with van der Waals surface area (Å²) in [6.07, 6.45) is 0.0832. The molecule has 2 aromatic carbocycles. The first-order chi connectivity index (χ1) is 14.4. The van der Waals surface area contributed by atoms with Crippen LogP contribution in [0, 0.1) is 5.82 Å². The molecule has 4 nitrogen and oxygen atoms in total. The largest absolute Gasteiger partial charge is 0.350 e. The van der Waals surface area contributed by atoms with E-state index in [4.69, 9.17) is 34.8 Å². The molecular formula is C23H26Cl3FN2O2. The minimum absolute atomic E-state index is 0.0664. The number of nitrogens with zero attached hydrogens (tertiary/aromatic N) is 1. The quantitative estimate of drug-likeness (QED) is 0.517. The molecule has 168 valence electrons. The van der Waals surface area contributed by atoms with Crippen molar-refractivity contribution in [3.05, 3.63) is 68.4 Å². The van der Waals surface area contributed by atoms with Crippen LogP contribution in [-0.2, 0) is 22.6 Å². The van der Waals surface area contributed by atoms with Gasteiger partial charge in [0.1, 0.15) is 11.9 Å². The van der Waals surface area contributed by atoms with Gasteiger partial charge in [-0.15, -0.1) is 0 Å². The molecule has 0 fully saturated rings. The van der Waals surface area contributed by atoms with Crippen molar-refractivity contribution in [1.82, 2.24) is 10.2 Å². The van der Waals surface area contributed by atoms with Gasteiger partial charge in [0.05, 0.1) is 6.42 Å². The van der Waals surface area contributed by atoms with Crippen LogP contribution in [0.15, 0.2) is 36.4 Å². The molecule has 0 saturated carbocycles. The molecule has 8 heteroatoms. The van der Waals surface area contributed by atoms with E-state index in [1.807, 2.05) is 27.7 Å². The number of hydrogen-bond acceptors (Lipinski definition) is 2. The van der Waals surface area contributed by atoms with Crippen LogP contribution in [0.25, 0.3) is 0 Å². The van der Waals surface area contributed by atoms with Crippen molar-refractivity contribution in [3.63, 3.8) is 0 Å². The third kappa shape index (κ3) is 7.09. The molecule has 2 amide bonds. The summed E-state index contributed by atoms with van der Waals surface area (Å²) in [6, 6.07) is 8.41. The Balaban J connectivity index is 2.42. The van der Waals surface area contributed by atoms with Crippen molar-refractivity contribution < 1.29 is 14.0 Å². The Bertz CT molecular complexity index is 940. The summed E-state index contributed by atoms with van der Waals surface area (Å²) in [5, 5.41) is 3.91. The highest BCUT2D eigenvalue weighted by Gasteiger charge is 2.31. The second-order valence-electron chi connectivity index (χ2n) is 8.30. The van der Waals surface area contributed by atoms with E-state index in [9.17, 15) is 14.0 Å². The summed E-state index contributed by atoms with van der Waals surface area (Å²) < 4.78 is 14.3. The van der Waals surface area contributed by atoms with Gasteiger partial charge in [0.15, 0.2) is 0 Å². The number of nitrogens with one attached hydrogen (secondary N) is 1. The molecular weight excluding hydrogens is 462 g/mol. The number of amides is 2. The first kappa shape index (κ1) is 25.4. The molecule has 0 aliphatic rings. The molecule has 2 aromatic rings. The Morgan fingerprint density at radius 2 is 1.77 bits per heavy atom. The average molecular weight is 488 g/mol. The zero-order chi connectivity index (χ0) is 23.3. The van der Waals surface area contributed by atoms with Gasteiger partial charge in [-0.2, -0.15) is 0 Å². The monoisotopic (exact) mass is 486 g/mol. The summed E-state index contributed by atoms with van der Waals surface area (Å²) in [5.41, 5.74) is 0.236. The molecule has 1 unspecified atom stereocenters. The zero-order valence-electron chi connectivity index (χ0n) is 17.9. The van der Waals surface area contributed by atoms with Gasteiger partial charge >= 0.3 is 0 Å². The van der Waals surface area contributed by atoms with Crippen molar-refractivity contribution in [3.8, 4) is 0 Å². The van der Waals surface area contributed by atoms with Gasteiger partial charge in [-0.25, -0.2) is 4.39 Å². The Kier molecular flexibility index (Phi) is 8.75. The third-order valence-electron chi connectivity index (χ3n) is 4.63. The Morgan fingerprint density at radius 3 is 2.32 bits per heavy atom. The summed E-state index contributed by atoms with van der Waals surface area (Å²) in [7, 11) is 0. The van der Waals surface area contributed by atoms with Gasteiger partial charge in [0.2, 0.25) is 11.8 Å². The van der Waals surface area contributed by atoms with Crippen molar-refractivity contribution in [2.75, 3.05) is 0 Å². The van der Waals surface area contributed by atoms with Crippen LogP contribution in [-0.4, -0.2) is 28.3 Å². The van der Waals surface area contributed by atoms with E-state index in [0.29, 0.717) is 22.0 Å². The zero-order valence-corrected chi connectivity index (χ0v) is 20.2. The number of halogens is 4. The van der Waals surface area contributed by atoms with Crippen LogP contribution in [0.4, 0.5) is 4.39 Å². The van der Waals surface area contributed by atoms with E-state index < -0.39 is 23.3 Å². The predicted octanol–water partition coefficient (Wildman–Crippen LogP) is 6.05. The maximum atomic E-state index is 14.3. The molecule has 0 aromatic heterocycles. The first-order valence-corrected chi connectivity index (χ1v) is 11.0. The van der Waals surface area contributed by atoms with E-state index in [-0.39, 0.29) is 29.5 Å². The van der Waals surface area contributed by atoms with Crippen molar-refractivity contribution in [2.45, 2.75) is 58.7 Å². The van der Waals surface area contributed by atoms with Crippen LogP contribution < -0.4 is 5.32 Å². The van der Waals surface area contributed by atoms with Crippen LogP contribution in [0.5, 0.6) is 0 Å². The summed E-state index contributed by atoms with van der Waals surface area (Å²) in [6.45, 7) is 7.46. The Labute approximate surface area is 197 Å². The number of hydrogen-bond donors (Lipinski definition) is 1. The topological polar surface area (TPSA) is 49.4 Å². The van der Waals surface area contributed by atoms with Gasteiger partial charge < -0.3 is 10.2 Å². The van der Waals surface area contributed by atoms with E-state index >= 15 is 0 Å². The Morgan fingerprint density at radius 1 is 1.10 bits per heavy atom. The highest BCUT2D eigenvalue weighted by Crippen LogP contribution is 2.26. The van der Waals surface area contributed by atoms with Crippen molar-refractivity contribution >= 4 is 46.6 Å². The smallest absolute Gasteiger partial charge is 0.243 e. The van der Waals surface area contributed by atoms with Gasteiger partial charge in [0.25, 0.3) is 0 Å². The highest BCUT2D eigenvalue weighted by atomic mass is 35.5. The molecule has 1 N–H and O–H groups in total. The molecule has 0 saturated heterocycles. The Hall–Kier alpha value is -1.82. The van der Waals surface area contributed by atoms with Gasteiger partial charge in [-0.05, 0) is 57.0 Å². The molecule has 0 aliphatic carbocycles. The number of carbonyl (C=O) groups is 2. The molecule has 0 radical (unpaired) electrons. The van der Waals surface area contributed by atoms with E-state index in [1.165, 1.54) is 23.1 Å². The van der Waals surface area contributed by atoms with Crippen LogP contribution in [0.3, 0.4) is 0 Å². The van der Waals surface area contributed by atoms with Crippen LogP contribution in [0.1, 0.15) is 45.2 Å². The SMILES string of the molecule is CCC(C(=O)NC(C)(C)C)N(Cc1ccc(Cl)cc1Cl)C(=O)Cc1c(F)cccc1Cl. The highest BCUT2D eigenvalue weighted by molar-refractivity contribution is 6.35. The van der Waals surface area contributed by atoms with Crippen molar-refractivity contribution in [2.24, 2.45) is 0 Å². The lowest BCUT2D eigenvalue weighted by Gasteiger charge is -2.33. The second-order valence-corrected chi connectivity index (χ2v) is 9.55. The fraction of sp³-hybridized carbons (Fsp3) is 0.391. The first-order valence-electron chi connectivity index (χ1n) is 9.91. The second kappa shape index (κ2) is 10.7.